The van der Waals surface area contributed by atoms with Crippen molar-refractivity contribution in [3.63, 3.8) is 0 Å². The summed E-state index contributed by atoms with van der Waals surface area (Å²) in [5.74, 6) is -0.511. The summed E-state index contributed by atoms with van der Waals surface area (Å²) in [7, 11) is 0. The van der Waals surface area contributed by atoms with Gasteiger partial charge in [-0.3, -0.25) is 9.59 Å². The summed E-state index contributed by atoms with van der Waals surface area (Å²) in [6.07, 6.45) is 1.77. The number of aromatic nitrogens is 1. The maximum atomic E-state index is 14.5. The molecule has 2 aliphatic rings. The number of nitrogens with one attached hydrogen (secondary N) is 1. The Labute approximate surface area is 210 Å². The molecule has 0 bridgehead atoms. The summed E-state index contributed by atoms with van der Waals surface area (Å²) in [5, 5.41) is 13.7. The first-order valence-corrected chi connectivity index (χ1v) is 12.1. The Morgan fingerprint density at radius 3 is 2.38 bits per heavy atom. The monoisotopic (exact) mass is 560 g/mol. The van der Waals surface area contributed by atoms with Gasteiger partial charge in [-0.05, 0) is 66.8 Å². The minimum Gasteiger partial charge on any atom is -0.365 e. The van der Waals surface area contributed by atoms with E-state index in [1.807, 2.05) is 61.5 Å². The quantitative estimate of drug-likeness (QED) is 0.328. The predicted octanol–water partition coefficient (Wildman–Crippen LogP) is 5.44. The molecule has 34 heavy (non-hydrogen) atoms. The molecule has 168 valence electrons. The third-order valence-electron chi connectivity index (χ3n) is 7.24. The van der Waals surface area contributed by atoms with Crippen molar-refractivity contribution in [2.75, 3.05) is 4.90 Å². The highest BCUT2D eigenvalue weighted by atomic mass is 127. The first kappa shape index (κ1) is 21.3. The van der Waals surface area contributed by atoms with Gasteiger partial charge in [-0.25, -0.2) is 0 Å². The fraction of sp³-hybridized carbons (Fsp3) is 0.143. The summed E-state index contributed by atoms with van der Waals surface area (Å²) in [6, 6.07) is 22.5. The Balaban J connectivity index is 1.79. The highest BCUT2D eigenvalue weighted by molar-refractivity contribution is 14.1. The average Bonchev–Trinajstić information content (AvgIpc) is 3.40. The number of hydrogen-bond acceptors (Lipinski definition) is 4. The number of ketones is 2. The molecule has 3 aromatic carbocycles. The summed E-state index contributed by atoms with van der Waals surface area (Å²) in [4.78, 5) is 32.8. The van der Waals surface area contributed by atoms with Crippen molar-refractivity contribution in [1.82, 2.24) is 4.98 Å². The van der Waals surface area contributed by atoms with Gasteiger partial charge in [0, 0.05) is 54.3 Å². The third-order valence-corrected chi connectivity index (χ3v) is 7.96. The number of rotatable bonds is 3. The molecule has 1 aliphatic carbocycles. The molecule has 1 aliphatic heterocycles. The standard InChI is InChI=1S/C28H21IN2O3/c1-16-25(17(2)32)27(23-15-30-24-10-6-4-7-20(23)24)26(33)21-8-3-5-9-22(21)28(27,34)31(16)19-13-11-18(29)12-14-19/h3-15,30,34H,1-2H3. The van der Waals surface area contributed by atoms with Gasteiger partial charge in [0.1, 0.15) is 5.41 Å². The van der Waals surface area contributed by atoms with E-state index in [-0.39, 0.29) is 11.6 Å². The topological polar surface area (TPSA) is 73.4 Å². The number of aromatic amines is 1. The van der Waals surface area contributed by atoms with Crippen molar-refractivity contribution in [2.24, 2.45) is 0 Å². The van der Waals surface area contributed by atoms with Crippen LogP contribution >= 0.6 is 22.6 Å². The van der Waals surface area contributed by atoms with Gasteiger partial charge in [0.25, 0.3) is 0 Å². The molecule has 1 aromatic heterocycles. The number of H-pyrrole nitrogens is 1. The SMILES string of the molecule is CC(=O)C1=C(C)N(c2ccc(I)cc2)C2(O)c3ccccc3C(=O)C12c1c[nH]c2ccccc12. The molecule has 0 radical (unpaired) electrons. The van der Waals surface area contributed by atoms with E-state index in [4.69, 9.17) is 0 Å². The highest BCUT2D eigenvalue weighted by Crippen LogP contribution is 2.64. The van der Waals surface area contributed by atoms with E-state index >= 15 is 0 Å². The van der Waals surface area contributed by atoms with Crippen LogP contribution in [0, 0.1) is 3.57 Å². The number of nitrogens with zero attached hydrogens (tertiary/aromatic N) is 1. The van der Waals surface area contributed by atoms with Crippen LogP contribution in [0.3, 0.4) is 0 Å². The van der Waals surface area contributed by atoms with Crippen molar-refractivity contribution in [1.29, 1.82) is 0 Å². The summed E-state index contributed by atoms with van der Waals surface area (Å²) < 4.78 is 1.05. The minimum absolute atomic E-state index is 0.240. The molecular weight excluding hydrogens is 539 g/mol. The van der Waals surface area contributed by atoms with Crippen LogP contribution in [0.4, 0.5) is 5.69 Å². The number of halogens is 1. The number of fused-ring (bicyclic) bond motifs is 4. The van der Waals surface area contributed by atoms with Gasteiger partial charge in [0.15, 0.2) is 17.3 Å². The van der Waals surface area contributed by atoms with Gasteiger partial charge in [-0.1, -0.05) is 42.5 Å². The van der Waals surface area contributed by atoms with E-state index in [0.29, 0.717) is 33.6 Å². The van der Waals surface area contributed by atoms with Crippen LogP contribution in [0.5, 0.6) is 0 Å². The molecule has 0 fully saturated rings. The molecule has 6 rings (SSSR count). The number of benzene rings is 3. The molecule has 0 saturated heterocycles. The Kier molecular flexibility index (Phi) is 4.47. The van der Waals surface area contributed by atoms with Gasteiger partial charge in [-0.2, -0.15) is 0 Å². The second kappa shape index (κ2) is 7.13. The summed E-state index contributed by atoms with van der Waals surface area (Å²) in [5.41, 5.74) is 0.542. The zero-order chi connectivity index (χ0) is 23.8. The lowest BCUT2D eigenvalue weighted by molar-refractivity contribution is -0.115. The lowest BCUT2D eigenvalue weighted by Crippen LogP contribution is -2.55. The third kappa shape index (κ3) is 2.37. The van der Waals surface area contributed by atoms with Crippen LogP contribution in [-0.4, -0.2) is 21.7 Å². The minimum atomic E-state index is -1.82. The van der Waals surface area contributed by atoms with E-state index in [0.717, 1.165) is 14.5 Å². The number of carbonyl (C=O) groups is 2. The molecule has 0 saturated carbocycles. The average molecular weight is 560 g/mol. The molecule has 2 atom stereocenters. The van der Waals surface area contributed by atoms with Crippen LogP contribution in [-0.2, 0) is 15.9 Å². The van der Waals surface area contributed by atoms with Gasteiger partial charge >= 0.3 is 0 Å². The second-order valence-corrected chi connectivity index (χ2v) is 10.1. The van der Waals surface area contributed by atoms with Crippen molar-refractivity contribution in [3.8, 4) is 0 Å². The number of hydrogen-bond donors (Lipinski definition) is 2. The first-order valence-electron chi connectivity index (χ1n) is 11.0. The Morgan fingerprint density at radius 2 is 1.65 bits per heavy atom. The maximum absolute atomic E-state index is 14.5. The van der Waals surface area contributed by atoms with Crippen LogP contribution in [0.1, 0.15) is 35.3 Å². The lowest BCUT2D eigenvalue weighted by atomic mass is 9.66. The number of carbonyl (C=O) groups excluding carboxylic acids is 2. The number of aliphatic hydroxyl groups is 1. The number of anilines is 1. The van der Waals surface area contributed by atoms with Gasteiger partial charge in [-0.15, -0.1) is 0 Å². The summed E-state index contributed by atoms with van der Waals surface area (Å²) in [6.45, 7) is 3.29. The van der Waals surface area contributed by atoms with Crippen molar-refractivity contribution >= 4 is 50.7 Å². The highest BCUT2D eigenvalue weighted by Gasteiger charge is 2.73. The molecule has 0 amide bonds. The normalized spacial score (nSPS) is 23.5. The second-order valence-electron chi connectivity index (χ2n) is 8.87. The Hall–Kier alpha value is -3.23. The molecule has 0 spiro atoms. The number of para-hydroxylation sites is 1. The van der Waals surface area contributed by atoms with E-state index in [1.165, 1.54) is 6.92 Å². The van der Waals surface area contributed by atoms with Gasteiger partial charge in [0.2, 0.25) is 0 Å². The largest absolute Gasteiger partial charge is 0.365 e. The Bertz CT molecular complexity index is 1550. The molecule has 2 unspecified atom stereocenters. The zero-order valence-corrected chi connectivity index (χ0v) is 20.8. The van der Waals surface area contributed by atoms with Crippen molar-refractivity contribution < 1.29 is 14.7 Å². The van der Waals surface area contributed by atoms with Crippen LogP contribution in [0.15, 0.2) is 90.3 Å². The fourth-order valence-electron chi connectivity index (χ4n) is 6.07. The van der Waals surface area contributed by atoms with E-state index in [9.17, 15) is 14.7 Å². The predicted molar refractivity (Wildman–Crippen MR) is 140 cm³/mol. The number of Topliss-reactive ketones (excluding diaryl/α,β-unsaturated/α-hetero) is 2. The summed E-state index contributed by atoms with van der Waals surface area (Å²) >= 11 is 2.23. The molecule has 6 heteroatoms. The molecule has 5 nitrogen and oxygen atoms in total. The van der Waals surface area contributed by atoms with E-state index < -0.39 is 11.1 Å². The maximum Gasteiger partial charge on any atom is 0.191 e. The van der Waals surface area contributed by atoms with Gasteiger partial charge in [0.05, 0.1) is 0 Å². The van der Waals surface area contributed by atoms with E-state index in [2.05, 4.69) is 27.6 Å². The molecule has 4 aromatic rings. The van der Waals surface area contributed by atoms with Crippen molar-refractivity contribution in [2.45, 2.75) is 25.0 Å². The zero-order valence-electron chi connectivity index (χ0n) is 18.6. The first-order chi connectivity index (χ1) is 16.3. The molecule has 2 heterocycles. The van der Waals surface area contributed by atoms with Gasteiger partial charge < -0.3 is 15.0 Å². The lowest BCUT2D eigenvalue weighted by Gasteiger charge is -2.43. The van der Waals surface area contributed by atoms with Crippen LogP contribution in [0.25, 0.3) is 10.9 Å². The van der Waals surface area contributed by atoms with E-state index in [1.54, 1.807) is 29.3 Å². The fourth-order valence-corrected chi connectivity index (χ4v) is 6.42. The Morgan fingerprint density at radius 1 is 0.971 bits per heavy atom. The molecule has 2 N–H and O–H groups in total. The van der Waals surface area contributed by atoms with Crippen molar-refractivity contribution in [3.05, 3.63) is 111 Å². The van der Waals surface area contributed by atoms with Crippen LogP contribution < -0.4 is 4.90 Å². The number of allylic oxidation sites excluding steroid dienone is 1. The molecular formula is C28H21IN2O3. The smallest absolute Gasteiger partial charge is 0.191 e. The van der Waals surface area contributed by atoms with Crippen LogP contribution in [0.2, 0.25) is 0 Å².